The summed E-state index contributed by atoms with van der Waals surface area (Å²) in [7, 11) is 0. The minimum Gasteiger partial charge on any atom is -0.396 e. The average Bonchev–Trinajstić information content (AvgIpc) is 2.78. The molecular weight excluding hydrogens is 228 g/mol. The van der Waals surface area contributed by atoms with Gasteiger partial charge in [-0.25, -0.2) is 4.68 Å². The molecule has 1 aromatic carbocycles. The Balaban J connectivity index is 2.27. The molecule has 92 valence electrons. The second-order valence-corrected chi connectivity index (χ2v) is 3.95. The number of anilines is 1. The smallest absolute Gasteiger partial charge is 0.130 e. The Bertz CT molecular complexity index is 566. The highest BCUT2D eigenvalue weighted by Crippen LogP contribution is 2.18. The SMILES string of the molecule is N#Cc1ccc(-n2ncc(CCCO)c2N)cc1. The molecule has 5 nitrogen and oxygen atoms in total. The highest BCUT2D eigenvalue weighted by atomic mass is 16.2. The first-order valence-corrected chi connectivity index (χ1v) is 5.70. The lowest BCUT2D eigenvalue weighted by molar-refractivity contribution is 0.288. The maximum atomic E-state index is 8.80. The molecule has 1 aromatic heterocycles. The van der Waals surface area contributed by atoms with Crippen LogP contribution < -0.4 is 5.73 Å². The number of rotatable bonds is 4. The number of hydrogen-bond donors (Lipinski definition) is 2. The van der Waals surface area contributed by atoms with Crippen molar-refractivity contribution >= 4 is 5.82 Å². The van der Waals surface area contributed by atoms with Crippen LogP contribution in [-0.4, -0.2) is 21.5 Å². The molecule has 1 heterocycles. The molecule has 0 aliphatic rings. The molecule has 0 bridgehead atoms. The zero-order valence-electron chi connectivity index (χ0n) is 9.87. The standard InChI is InChI=1S/C13H14N4O/c14-8-10-3-5-12(6-4-10)17-13(15)11(9-16-17)2-1-7-18/h3-6,9,18H,1-2,7,15H2. The van der Waals surface area contributed by atoms with Crippen LogP contribution in [0.3, 0.4) is 0 Å². The molecule has 0 saturated heterocycles. The maximum Gasteiger partial charge on any atom is 0.130 e. The van der Waals surface area contributed by atoms with E-state index >= 15 is 0 Å². The lowest BCUT2D eigenvalue weighted by Crippen LogP contribution is -2.03. The summed E-state index contributed by atoms with van der Waals surface area (Å²) in [5.74, 6) is 0.577. The molecule has 0 aliphatic heterocycles. The molecule has 0 radical (unpaired) electrons. The first-order valence-electron chi connectivity index (χ1n) is 5.70. The fraction of sp³-hybridized carbons (Fsp3) is 0.231. The molecule has 3 N–H and O–H groups in total. The molecule has 2 aromatic rings. The summed E-state index contributed by atoms with van der Waals surface area (Å²) < 4.78 is 1.63. The monoisotopic (exact) mass is 242 g/mol. The Morgan fingerprint density at radius 1 is 1.33 bits per heavy atom. The van der Waals surface area contributed by atoms with E-state index in [1.165, 1.54) is 0 Å². The molecule has 0 fully saturated rings. The Kier molecular flexibility index (Phi) is 3.60. The van der Waals surface area contributed by atoms with Crippen molar-refractivity contribution in [2.45, 2.75) is 12.8 Å². The van der Waals surface area contributed by atoms with E-state index in [9.17, 15) is 0 Å². The van der Waals surface area contributed by atoms with Gasteiger partial charge in [0.25, 0.3) is 0 Å². The Morgan fingerprint density at radius 2 is 2.06 bits per heavy atom. The van der Waals surface area contributed by atoms with Crippen molar-refractivity contribution in [3.05, 3.63) is 41.6 Å². The van der Waals surface area contributed by atoms with Crippen LogP contribution in [0.2, 0.25) is 0 Å². The Hall–Kier alpha value is -2.32. The molecular formula is C13H14N4O. The normalized spacial score (nSPS) is 10.2. The Morgan fingerprint density at radius 3 is 2.67 bits per heavy atom. The molecule has 0 atom stereocenters. The van der Waals surface area contributed by atoms with E-state index in [2.05, 4.69) is 11.2 Å². The van der Waals surface area contributed by atoms with Crippen LogP contribution in [0.1, 0.15) is 17.5 Å². The second kappa shape index (κ2) is 5.34. The Labute approximate surface area is 105 Å². The zero-order chi connectivity index (χ0) is 13.0. The molecule has 18 heavy (non-hydrogen) atoms. The number of benzene rings is 1. The van der Waals surface area contributed by atoms with Crippen LogP contribution in [0, 0.1) is 11.3 Å². The van der Waals surface area contributed by atoms with Crippen LogP contribution in [0.15, 0.2) is 30.5 Å². The van der Waals surface area contributed by atoms with Crippen molar-refractivity contribution in [3.8, 4) is 11.8 Å². The number of aromatic nitrogens is 2. The van der Waals surface area contributed by atoms with Crippen LogP contribution in [0.5, 0.6) is 0 Å². The topological polar surface area (TPSA) is 87.9 Å². The number of nitrogens with zero attached hydrogens (tertiary/aromatic N) is 3. The predicted molar refractivity (Wildman–Crippen MR) is 68.1 cm³/mol. The number of aliphatic hydroxyl groups is 1. The average molecular weight is 242 g/mol. The van der Waals surface area contributed by atoms with Gasteiger partial charge in [-0.2, -0.15) is 10.4 Å². The summed E-state index contributed by atoms with van der Waals surface area (Å²) in [6, 6.07) is 9.12. The molecule has 0 spiro atoms. The van der Waals surface area contributed by atoms with Crippen LogP contribution in [0.25, 0.3) is 5.69 Å². The van der Waals surface area contributed by atoms with Crippen LogP contribution >= 0.6 is 0 Å². The molecule has 0 unspecified atom stereocenters. The summed E-state index contributed by atoms with van der Waals surface area (Å²) in [5, 5.41) is 21.8. The summed E-state index contributed by atoms with van der Waals surface area (Å²) in [4.78, 5) is 0. The quantitative estimate of drug-likeness (QED) is 0.844. The number of nitrogen functional groups attached to an aromatic ring is 1. The molecule has 0 saturated carbocycles. The van der Waals surface area contributed by atoms with Crippen LogP contribution in [-0.2, 0) is 6.42 Å². The minimum atomic E-state index is 0.140. The van der Waals surface area contributed by atoms with Crippen LogP contribution in [0.4, 0.5) is 5.82 Å². The van der Waals surface area contributed by atoms with Gasteiger partial charge in [0, 0.05) is 12.2 Å². The van der Waals surface area contributed by atoms with Gasteiger partial charge in [-0.3, -0.25) is 0 Å². The van der Waals surface area contributed by atoms with Gasteiger partial charge in [0.1, 0.15) is 5.82 Å². The lowest BCUT2D eigenvalue weighted by atomic mass is 10.2. The fourth-order valence-electron chi connectivity index (χ4n) is 1.74. The van der Waals surface area contributed by atoms with Gasteiger partial charge < -0.3 is 10.8 Å². The fourth-order valence-corrected chi connectivity index (χ4v) is 1.74. The highest BCUT2D eigenvalue weighted by molar-refractivity contribution is 5.48. The van der Waals surface area contributed by atoms with Gasteiger partial charge in [-0.1, -0.05) is 0 Å². The predicted octanol–water partition coefficient (Wildman–Crippen LogP) is 1.25. The minimum absolute atomic E-state index is 0.140. The number of aliphatic hydroxyl groups excluding tert-OH is 1. The van der Waals surface area contributed by atoms with Gasteiger partial charge in [-0.15, -0.1) is 0 Å². The summed E-state index contributed by atoms with van der Waals surface area (Å²) >= 11 is 0. The van der Waals surface area contributed by atoms with Crippen molar-refractivity contribution in [3.63, 3.8) is 0 Å². The second-order valence-electron chi connectivity index (χ2n) is 3.95. The summed E-state index contributed by atoms with van der Waals surface area (Å²) in [6.45, 7) is 0.140. The van der Waals surface area contributed by atoms with Crippen molar-refractivity contribution in [2.24, 2.45) is 0 Å². The van der Waals surface area contributed by atoms with Crippen molar-refractivity contribution in [1.29, 1.82) is 5.26 Å². The van der Waals surface area contributed by atoms with E-state index in [-0.39, 0.29) is 6.61 Å². The van der Waals surface area contributed by atoms with Gasteiger partial charge in [0.15, 0.2) is 0 Å². The first kappa shape index (κ1) is 12.1. The van der Waals surface area contributed by atoms with E-state index < -0.39 is 0 Å². The summed E-state index contributed by atoms with van der Waals surface area (Å²) in [6.07, 6.45) is 3.09. The van der Waals surface area contributed by atoms with Crippen molar-refractivity contribution in [1.82, 2.24) is 9.78 Å². The number of nitriles is 1. The summed E-state index contributed by atoms with van der Waals surface area (Å²) in [5.41, 5.74) is 8.35. The lowest BCUT2D eigenvalue weighted by Gasteiger charge is -2.05. The van der Waals surface area contributed by atoms with Gasteiger partial charge >= 0.3 is 0 Å². The molecule has 2 rings (SSSR count). The van der Waals surface area contributed by atoms with E-state index in [4.69, 9.17) is 16.1 Å². The molecule has 0 amide bonds. The van der Waals surface area contributed by atoms with Crippen molar-refractivity contribution < 1.29 is 5.11 Å². The van der Waals surface area contributed by atoms with E-state index in [1.807, 2.05) is 0 Å². The highest BCUT2D eigenvalue weighted by Gasteiger charge is 2.08. The van der Waals surface area contributed by atoms with E-state index in [0.29, 0.717) is 24.2 Å². The van der Waals surface area contributed by atoms with Crippen molar-refractivity contribution in [2.75, 3.05) is 12.3 Å². The van der Waals surface area contributed by atoms with Gasteiger partial charge in [-0.05, 0) is 37.1 Å². The third-order valence-electron chi connectivity index (χ3n) is 2.73. The third-order valence-corrected chi connectivity index (χ3v) is 2.73. The van der Waals surface area contributed by atoms with E-state index in [0.717, 1.165) is 11.3 Å². The molecule has 5 heteroatoms. The number of hydrogen-bond acceptors (Lipinski definition) is 4. The maximum absolute atomic E-state index is 8.80. The molecule has 0 aliphatic carbocycles. The van der Waals surface area contributed by atoms with Gasteiger partial charge in [0.05, 0.1) is 23.5 Å². The first-order chi connectivity index (χ1) is 8.76. The number of aryl methyl sites for hydroxylation is 1. The van der Waals surface area contributed by atoms with E-state index in [1.54, 1.807) is 35.1 Å². The third kappa shape index (κ3) is 2.34. The zero-order valence-corrected chi connectivity index (χ0v) is 9.87. The number of nitrogens with two attached hydrogens (primary N) is 1. The van der Waals surface area contributed by atoms with Gasteiger partial charge in [0.2, 0.25) is 0 Å². The largest absolute Gasteiger partial charge is 0.396 e.